The molecule has 0 radical (unpaired) electrons. The Hall–Kier alpha value is -4.35. The van der Waals surface area contributed by atoms with Crippen molar-refractivity contribution in [2.45, 2.75) is 12.1 Å². The number of H-pyrrole nitrogens is 1. The number of nitrogens with zero attached hydrogens (tertiary/aromatic N) is 4. The van der Waals surface area contributed by atoms with Gasteiger partial charge in [0.05, 0.1) is 36.6 Å². The minimum Gasteiger partial charge on any atom is -0.383 e. The van der Waals surface area contributed by atoms with E-state index in [1.54, 1.807) is 44.7 Å². The molecule has 1 fully saturated rings. The second kappa shape index (κ2) is 9.36. The van der Waals surface area contributed by atoms with Crippen molar-refractivity contribution in [3.8, 4) is 22.4 Å². The van der Waals surface area contributed by atoms with Gasteiger partial charge in [-0.3, -0.25) is 14.6 Å². The van der Waals surface area contributed by atoms with Crippen LogP contribution in [0.25, 0.3) is 33.4 Å². The van der Waals surface area contributed by atoms with Crippen molar-refractivity contribution in [3.05, 3.63) is 60.2 Å². The number of hydrogen-bond acceptors (Lipinski definition) is 8. The third kappa shape index (κ3) is 4.37. The van der Waals surface area contributed by atoms with Gasteiger partial charge in [-0.25, -0.2) is 9.97 Å². The number of pyridine rings is 3. The molecule has 1 aliphatic heterocycles. The van der Waals surface area contributed by atoms with Crippen molar-refractivity contribution in [1.82, 2.24) is 30.2 Å². The van der Waals surface area contributed by atoms with Crippen molar-refractivity contribution >= 4 is 28.7 Å². The van der Waals surface area contributed by atoms with Gasteiger partial charge in [0.25, 0.3) is 11.8 Å². The van der Waals surface area contributed by atoms with Gasteiger partial charge in [-0.2, -0.15) is 0 Å². The largest absolute Gasteiger partial charge is 0.383 e. The van der Waals surface area contributed by atoms with E-state index < -0.39 is 0 Å². The molecule has 0 unspecified atom stereocenters. The zero-order chi connectivity index (χ0) is 25.4. The summed E-state index contributed by atoms with van der Waals surface area (Å²) in [5.74, 6) is -0.104. The molecular formula is C25H26N8O3. The lowest BCUT2D eigenvalue weighted by molar-refractivity contribution is 0.0826. The quantitative estimate of drug-likeness (QED) is 0.329. The summed E-state index contributed by atoms with van der Waals surface area (Å²) < 4.78 is 5.32. The normalized spacial score (nSPS) is 17.3. The summed E-state index contributed by atoms with van der Waals surface area (Å²) in [4.78, 5) is 42.8. The van der Waals surface area contributed by atoms with Gasteiger partial charge in [0.1, 0.15) is 17.2 Å². The maximum Gasteiger partial charge on any atom is 0.268 e. The van der Waals surface area contributed by atoms with Crippen LogP contribution in [0.1, 0.15) is 20.8 Å². The molecule has 0 aliphatic carbocycles. The van der Waals surface area contributed by atoms with Crippen LogP contribution in [-0.2, 0) is 4.74 Å². The highest BCUT2D eigenvalue weighted by Gasteiger charge is 2.27. The molecule has 5 rings (SSSR count). The predicted molar refractivity (Wildman–Crippen MR) is 135 cm³/mol. The Labute approximate surface area is 206 Å². The number of aromatic nitrogens is 4. The Bertz CT molecular complexity index is 1450. The van der Waals surface area contributed by atoms with E-state index in [9.17, 15) is 9.59 Å². The van der Waals surface area contributed by atoms with Crippen molar-refractivity contribution in [2.24, 2.45) is 5.73 Å². The lowest BCUT2D eigenvalue weighted by atomic mass is 10.0. The fraction of sp³-hybridized carbons (Fsp3) is 0.240. The number of aromatic amines is 1. The average molecular weight is 487 g/mol. The number of rotatable bonds is 5. The lowest BCUT2D eigenvalue weighted by Crippen LogP contribution is -2.46. The summed E-state index contributed by atoms with van der Waals surface area (Å²) in [6.45, 7) is 0.800. The SMILES string of the molecule is CN(C)C(=O)c1ccc(-c2cc(-c3ccnc4[nH]c(C(=O)N[C@@H]5COC[C@@H]5N)cc34)cnc2N)nc1. The van der Waals surface area contributed by atoms with Gasteiger partial charge >= 0.3 is 0 Å². The molecule has 11 heteroatoms. The van der Waals surface area contributed by atoms with Crippen LogP contribution in [0.4, 0.5) is 5.82 Å². The number of ether oxygens (including phenoxy) is 1. The van der Waals surface area contributed by atoms with Crippen LogP contribution in [0.3, 0.4) is 0 Å². The van der Waals surface area contributed by atoms with E-state index in [0.29, 0.717) is 47.2 Å². The Balaban J connectivity index is 1.47. The number of carbonyl (C=O) groups is 2. The molecular weight excluding hydrogens is 460 g/mol. The first-order valence-corrected chi connectivity index (χ1v) is 11.4. The summed E-state index contributed by atoms with van der Waals surface area (Å²) in [6.07, 6.45) is 4.85. The van der Waals surface area contributed by atoms with Crippen LogP contribution >= 0.6 is 0 Å². The summed E-state index contributed by atoms with van der Waals surface area (Å²) >= 11 is 0. The van der Waals surface area contributed by atoms with E-state index in [0.717, 1.165) is 16.5 Å². The van der Waals surface area contributed by atoms with E-state index in [2.05, 4.69) is 25.3 Å². The average Bonchev–Trinajstić information content (AvgIpc) is 3.50. The molecule has 0 saturated carbocycles. The standard InChI is InChI=1S/C25H26N8O3/c1-33(2)25(35)13-3-4-19(29-9-13)17-7-14(10-30-22(17)27)15-5-6-28-23-16(15)8-20(31-23)24(34)32-21-12-36-11-18(21)26/h3-10,18,21H,11-12,26H2,1-2H3,(H2,27,30)(H,28,31)(H,32,34)/t18-,21+/m0/s1. The summed E-state index contributed by atoms with van der Waals surface area (Å²) in [6, 6.07) is 8.45. The number of anilines is 1. The molecule has 4 aromatic rings. The summed E-state index contributed by atoms with van der Waals surface area (Å²) in [7, 11) is 3.37. The Morgan fingerprint density at radius 1 is 1.08 bits per heavy atom. The van der Waals surface area contributed by atoms with Crippen LogP contribution in [0.15, 0.2) is 48.9 Å². The molecule has 6 N–H and O–H groups in total. The van der Waals surface area contributed by atoms with Gasteiger partial charge in [-0.15, -0.1) is 0 Å². The molecule has 36 heavy (non-hydrogen) atoms. The van der Waals surface area contributed by atoms with Crippen molar-refractivity contribution in [1.29, 1.82) is 0 Å². The maximum atomic E-state index is 12.8. The highest BCUT2D eigenvalue weighted by Crippen LogP contribution is 2.32. The van der Waals surface area contributed by atoms with Gasteiger partial charge in [0, 0.05) is 49.2 Å². The number of amides is 2. The molecule has 0 bridgehead atoms. The minimum atomic E-state index is -0.280. The number of nitrogen functional groups attached to an aromatic ring is 1. The maximum absolute atomic E-state index is 12.8. The predicted octanol–water partition coefficient (Wildman–Crippen LogP) is 1.43. The van der Waals surface area contributed by atoms with E-state index in [1.165, 1.54) is 11.1 Å². The molecule has 184 valence electrons. The van der Waals surface area contributed by atoms with Crippen molar-refractivity contribution in [2.75, 3.05) is 33.0 Å². The molecule has 1 saturated heterocycles. The molecule has 2 amide bonds. The van der Waals surface area contributed by atoms with Gasteiger partial charge in [-0.05, 0) is 35.9 Å². The number of nitrogens with two attached hydrogens (primary N) is 2. The lowest BCUT2D eigenvalue weighted by Gasteiger charge is -2.14. The number of nitrogens with one attached hydrogen (secondary N) is 2. The van der Waals surface area contributed by atoms with Crippen molar-refractivity contribution in [3.63, 3.8) is 0 Å². The van der Waals surface area contributed by atoms with Gasteiger partial charge in [0.2, 0.25) is 0 Å². The molecule has 0 aromatic carbocycles. The highest BCUT2D eigenvalue weighted by molar-refractivity contribution is 6.02. The molecule has 11 nitrogen and oxygen atoms in total. The van der Waals surface area contributed by atoms with E-state index >= 15 is 0 Å². The third-order valence-electron chi connectivity index (χ3n) is 6.14. The van der Waals surface area contributed by atoms with E-state index in [4.69, 9.17) is 16.2 Å². The van der Waals surface area contributed by atoms with Crippen LogP contribution < -0.4 is 16.8 Å². The smallest absolute Gasteiger partial charge is 0.268 e. The minimum absolute atomic E-state index is 0.136. The molecule has 1 aliphatic rings. The second-order valence-electron chi connectivity index (χ2n) is 8.87. The number of fused-ring (bicyclic) bond motifs is 1. The van der Waals surface area contributed by atoms with Crippen LogP contribution in [0.5, 0.6) is 0 Å². The molecule has 2 atom stereocenters. The zero-order valence-corrected chi connectivity index (χ0v) is 19.9. The van der Waals surface area contributed by atoms with Crippen LogP contribution in [0.2, 0.25) is 0 Å². The molecule has 5 heterocycles. The third-order valence-corrected chi connectivity index (χ3v) is 6.14. The Morgan fingerprint density at radius 3 is 2.61 bits per heavy atom. The van der Waals surface area contributed by atoms with Crippen molar-refractivity contribution < 1.29 is 14.3 Å². The first-order valence-electron chi connectivity index (χ1n) is 11.4. The van der Waals surface area contributed by atoms with E-state index in [1.807, 2.05) is 12.1 Å². The first kappa shape index (κ1) is 23.4. The fourth-order valence-corrected chi connectivity index (χ4v) is 4.13. The topological polar surface area (TPSA) is 165 Å². The van der Waals surface area contributed by atoms with Crippen LogP contribution in [-0.4, -0.2) is 76.0 Å². The molecule has 0 spiro atoms. The Morgan fingerprint density at radius 2 is 1.92 bits per heavy atom. The van der Waals surface area contributed by atoms with Crippen LogP contribution in [0, 0.1) is 0 Å². The van der Waals surface area contributed by atoms with Gasteiger partial charge in [-0.1, -0.05) is 0 Å². The number of carbonyl (C=O) groups excluding carboxylic acids is 2. The summed E-state index contributed by atoms with van der Waals surface area (Å²) in [5, 5.41) is 3.67. The van der Waals surface area contributed by atoms with Gasteiger partial charge in [0.15, 0.2) is 0 Å². The second-order valence-corrected chi connectivity index (χ2v) is 8.87. The number of hydrogen-bond donors (Lipinski definition) is 4. The van der Waals surface area contributed by atoms with Gasteiger partial charge < -0.3 is 31.4 Å². The monoisotopic (exact) mass is 486 g/mol. The zero-order valence-electron chi connectivity index (χ0n) is 19.9. The Kier molecular flexibility index (Phi) is 6.08. The fourth-order valence-electron chi connectivity index (χ4n) is 4.13. The highest BCUT2D eigenvalue weighted by atomic mass is 16.5. The summed E-state index contributed by atoms with van der Waals surface area (Å²) in [5.41, 5.74) is 16.4. The van der Waals surface area contributed by atoms with E-state index in [-0.39, 0.29) is 23.9 Å². The molecule has 4 aromatic heterocycles. The first-order chi connectivity index (χ1) is 17.3.